The number of hydrogen-bond donors (Lipinski definition) is 3. The number of rotatable bonds is 8. The number of benzene rings is 3. The molecule has 3 aromatic carbocycles. The second-order valence-corrected chi connectivity index (χ2v) is 8.07. The minimum Gasteiger partial charge on any atom is -0.369 e. The largest absolute Gasteiger partial charge is 0.369 e. The zero-order chi connectivity index (χ0) is 22.9. The maximum Gasteiger partial charge on any atom is 0.272 e. The van der Waals surface area contributed by atoms with Gasteiger partial charge in [-0.1, -0.05) is 48.0 Å². The molecule has 0 saturated heterocycles. The first-order valence-corrected chi connectivity index (χ1v) is 10.9. The molecular formula is C25H23N3O3S. The molecule has 0 unspecified atom stereocenters. The monoisotopic (exact) mass is 445 g/mol. The van der Waals surface area contributed by atoms with Gasteiger partial charge in [0.15, 0.2) is 0 Å². The van der Waals surface area contributed by atoms with E-state index in [0.29, 0.717) is 11.3 Å². The quantitative estimate of drug-likeness (QED) is 0.361. The van der Waals surface area contributed by atoms with E-state index in [-0.39, 0.29) is 17.4 Å². The molecular weight excluding hydrogens is 422 g/mol. The van der Waals surface area contributed by atoms with Gasteiger partial charge in [0.25, 0.3) is 11.8 Å². The molecule has 0 radical (unpaired) electrons. The molecule has 0 spiro atoms. The highest BCUT2D eigenvalue weighted by Gasteiger charge is 2.15. The molecule has 6 nitrogen and oxygen atoms in total. The second kappa shape index (κ2) is 11.0. The minimum atomic E-state index is -0.451. The maximum absolute atomic E-state index is 13.0. The number of hydrogen-bond acceptors (Lipinski definition) is 4. The van der Waals surface area contributed by atoms with Crippen LogP contribution < -0.4 is 16.4 Å². The number of carbonyl (C=O) groups excluding carboxylic acids is 3. The SMILES string of the molecule is Cc1ccc(/C=C(\NC(=O)c2ccccc2)C(=O)Nc2ccc(SCC(N)=O)cc2)cc1. The third kappa shape index (κ3) is 6.85. The molecule has 0 atom stereocenters. The molecule has 0 bridgehead atoms. The number of aryl methyl sites for hydroxylation is 1. The maximum atomic E-state index is 13.0. The van der Waals surface area contributed by atoms with Gasteiger partial charge >= 0.3 is 0 Å². The Morgan fingerprint density at radius 2 is 1.56 bits per heavy atom. The number of amides is 3. The van der Waals surface area contributed by atoms with Gasteiger partial charge in [-0.15, -0.1) is 11.8 Å². The normalized spacial score (nSPS) is 11.0. The fourth-order valence-corrected chi connectivity index (χ4v) is 3.40. The highest BCUT2D eigenvalue weighted by molar-refractivity contribution is 8.00. The molecule has 162 valence electrons. The van der Waals surface area contributed by atoms with E-state index in [2.05, 4.69) is 10.6 Å². The number of primary amides is 1. The number of nitrogens with one attached hydrogen (secondary N) is 2. The van der Waals surface area contributed by atoms with Crippen LogP contribution in [0, 0.1) is 6.92 Å². The summed E-state index contributed by atoms with van der Waals surface area (Å²) in [6.07, 6.45) is 1.63. The zero-order valence-corrected chi connectivity index (χ0v) is 18.3. The lowest BCUT2D eigenvalue weighted by Crippen LogP contribution is -2.30. The van der Waals surface area contributed by atoms with Gasteiger partial charge in [0.2, 0.25) is 5.91 Å². The third-order valence-electron chi connectivity index (χ3n) is 4.41. The lowest BCUT2D eigenvalue weighted by molar-refractivity contribution is -0.115. The van der Waals surface area contributed by atoms with Crippen molar-refractivity contribution in [3.05, 3.63) is 101 Å². The van der Waals surface area contributed by atoms with Crippen LogP contribution >= 0.6 is 11.8 Å². The van der Waals surface area contributed by atoms with Crippen LogP contribution in [0.2, 0.25) is 0 Å². The van der Waals surface area contributed by atoms with Crippen LogP contribution in [-0.2, 0) is 9.59 Å². The number of anilines is 1. The van der Waals surface area contributed by atoms with E-state index in [0.717, 1.165) is 16.0 Å². The van der Waals surface area contributed by atoms with E-state index in [1.54, 1.807) is 54.6 Å². The van der Waals surface area contributed by atoms with Crippen molar-refractivity contribution in [2.45, 2.75) is 11.8 Å². The van der Waals surface area contributed by atoms with Gasteiger partial charge in [-0.25, -0.2) is 0 Å². The molecule has 0 aliphatic carbocycles. The van der Waals surface area contributed by atoms with Crippen LogP contribution in [0.3, 0.4) is 0 Å². The topological polar surface area (TPSA) is 101 Å². The van der Waals surface area contributed by atoms with Crippen LogP contribution in [0.25, 0.3) is 6.08 Å². The van der Waals surface area contributed by atoms with Crippen molar-refractivity contribution < 1.29 is 14.4 Å². The van der Waals surface area contributed by atoms with E-state index in [1.807, 2.05) is 37.3 Å². The average Bonchev–Trinajstić information content (AvgIpc) is 2.80. The van der Waals surface area contributed by atoms with E-state index in [9.17, 15) is 14.4 Å². The van der Waals surface area contributed by atoms with E-state index in [4.69, 9.17) is 5.73 Å². The molecule has 0 fully saturated rings. The van der Waals surface area contributed by atoms with Crippen molar-refractivity contribution in [3.8, 4) is 0 Å². The molecule has 0 aromatic heterocycles. The molecule has 0 saturated carbocycles. The first-order valence-electron chi connectivity index (χ1n) is 9.88. The minimum absolute atomic E-state index is 0.120. The summed E-state index contributed by atoms with van der Waals surface area (Å²) in [7, 11) is 0. The molecule has 7 heteroatoms. The summed E-state index contributed by atoms with van der Waals surface area (Å²) in [5.74, 6) is -1.04. The molecule has 3 rings (SSSR count). The van der Waals surface area contributed by atoms with Crippen molar-refractivity contribution in [2.75, 3.05) is 11.1 Å². The van der Waals surface area contributed by atoms with Crippen LogP contribution in [0.5, 0.6) is 0 Å². The second-order valence-electron chi connectivity index (χ2n) is 7.02. The van der Waals surface area contributed by atoms with Crippen LogP contribution in [0.1, 0.15) is 21.5 Å². The van der Waals surface area contributed by atoms with Crippen molar-refractivity contribution in [1.82, 2.24) is 5.32 Å². The fraction of sp³-hybridized carbons (Fsp3) is 0.0800. The summed E-state index contributed by atoms with van der Waals surface area (Å²) in [4.78, 5) is 37.4. The summed E-state index contributed by atoms with van der Waals surface area (Å²) in [5, 5.41) is 5.51. The third-order valence-corrected chi connectivity index (χ3v) is 5.44. The van der Waals surface area contributed by atoms with Crippen molar-refractivity contribution in [3.63, 3.8) is 0 Å². The van der Waals surface area contributed by atoms with Gasteiger partial charge < -0.3 is 16.4 Å². The Bertz CT molecular complexity index is 1130. The summed E-state index contributed by atoms with van der Waals surface area (Å²) < 4.78 is 0. The fourth-order valence-electron chi connectivity index (χ4n) is 2.76. The first-order chi connectivity index (χ1) is 15.4. The molecule has 3 amide bonds. The number of carbonyl (C=O) groups is 3. The molecule has 32 heavy (non-hydrogen) atoms. The lowest BCUT2D eigenvalue weighted by Gasteiger charge is -2.12. The average molecular weight is 446 g/mol. The van der Waals surface area contributed by atoms with Gasteiger partial charge in [-0.3, -0.25) is 14.4 Å². The van der Waals surface area contributed by atoms with Crippen LogP contribution in [-0.4, -0.2) is 23.5 Å². The number of thioether (sulfide) groups is 1. The smallest absolute Gasteiger partial charge is 0.272 e. The Balaban J connectivity index is 1.79. The zero-order valence-electron chi connectivity index (χ0n) is 17.5. The summed E-state index contributed by atoms with van der Waals surface area (Å²) in [5.41, 5.74) is 8.17. The first kappa shape index (κ1) is 22.8. The number of nitrogens with two attached hydrogens (primary N) is 1. The Kier molecular flexibility index (Phi) is 7.83. The highest BCUT2D eigenvalue weighted by atomic mass is 32.2. The van der Waals surface area contributed by atoms with Crippen molar-refractivity contribution >= 4 is 41.2 Å². The van der Waals surface area contributed by atoms with Crippen LogP contribution in [0.15, 0.2) is 89.5 Å². The van der Waals surface area contributed by atoms with E-state index < -0.39 is 11.8 Å². The predicted octanol–water partition coefficient (Wildman–Crippen LogP) is 3.98. The van der Waals surface area contributed by atoms with Gasteiger partial charge in [-0.2, -0.15) is 0 Å². The molecule has 0 aliphatic heterocycles. The van der Waals surface area contributed by atoms with Crippen molar-refractivity contribution in [1.29, 1.82) is 0 Å². The Hall–Kier alpha value is -3.84. The van der Waals surface area contributed by atoms with E-state index >= 15 is 0 Å². The molecule has 0 aliphatic rings. The van der Waals surface area contributed by atoms with Gasteiger partial charge in [0.05, 0.1) is 5.75 Å². The Morgan fingerprint density at radius 3 is 2.19 bits per heavy atom. The van der Waals surface area contributed by atoms with Gasteiger partial charge in [0, 0.05) is 16.1 Å². The molecule has 4 N–H and O–H groups in total. The molecule has 0 heterocycles. The Morgan fingerprint density at radius 1 is 0.906 bits per heavy atom. The Labute approximate surface area is 190 Å². The highest BCUT2D eigenvalue weighted by Crippen LogP contribution is 2.20. The van der Waals surface area contributed by atoms with Gasteiger partial charge in [0.1, 0.15) is 5.70 Å². The molecule has 3 aromatic rings. The standard InChI is InChI=1S/C25H23N3O3S/c1-17-7-9-18(10-8-17)15-22(28-24(30)19-5-3-2-4-6-19)25(31)27-20-11-13-21(14-12-20)32-16-23(26)29/h2-15H,16H2,1H3,(H2,26,29)(H,27,31)(H,28,30)/b22-15-. The van der Waals surface area contributed by atoms with Crippen LogP contribution in [0.4, 0.5) is 5.69 Å². The predicted molar refractivity (Wildman–Crippen MR) is 128 cm³/mol. The van der Waals surface area contributed by atoms with Crippen molar-refractivity contribution in [2.24, 2.45) is 5.73 Å². The lowest BCUT2D eigenvalue weighted by atomic mass is 10.1. The van der Waals surface area contributed by atoms with Gasteiger partial charge in [-0.05, 0) is 55.0 Å². The van der Waals surface area contributed by atoms with E-state index in [1.165, 1.54) is 11.8 Å². The summed E-state index contributed by atoms with van der Waals surface area (Å²) in [6, 6.07) is 23.3. The summed E-state index contributed by atoms with van der Waals surface area (Å²) in [6.45, 7) is 1.98. The summed E-state index contributed by atoms with van der Waals surface area (Å²) >= 11 is 1.32.